The number of nitrogens with one attached hydrogen (secondary N) is 1. The van der Waals surface area contributed by atoms with Gasteiger partial charge in [0.15, 0.2) is 0 Å². The number of carbonyl (C=O) groups is 1. The molecule has 0 aliphatic carbocycles. The first-order valence-corrected chi connectivity index (χ1v) is 12.1. The highest BCUT2D eigenvalue weighted by Crippen LogP contribution is 2.28. The van der Waals surface area contributed by atoms with E-state index >= 15 is 0 Å². The number of hydrogen-bond acceptors (Lipinski definition) is 4. The van der Waals surface area contributed by atoms with Crippen LogP contribution in [0.1, 0.15) is 47.2 Å². The van der Waals surface area contributed by atoms with E-state index in [4.69, 9.17) is 9.47 Å². The number of piperidine rings is 1. The minimum Gasteiger partial charge on any atom is -0.497 e. The summed E-state index contributed by atoms with van der Waals surface area (Å²) in [5, 5.41) is 2.93. The predicted octanol–water partition coefficient (Wildman–Crippen LogP) is 5.27. The number of amides is 1. The van der Waals surface area contributed by atoms with E-state index in [9.17, 15) is 4.79 Å². The third-order valence-electron chi connectivity index (χ3n) is 6.43. The monoisotopic (exact) mass is 458 g/mol. The van der Waals surface area contributed by atoms with Crippen LogP contribution in [0, 0.1) is 0 Å². The summed E-state index contributed by atoms with van der Waals surface area (Å²) in [5.41, 5.74) is 3.37. The lowest BCUT2D eigenvalue weighted by atomic mass is 9.89. The van der Waals surface area contributed by atoms with Crippen molar-refractivity contribution in [2.24, 2.45) is 0 Å². The van der Waals surface area contributed by atoms with Crippen molar-refractivity contribution in [3.63, 3.8) is 0 Å². The third kappa shape index (κ3) is 6.61. The molecule has 1 fully saturated rings. The molecule has 0 spiro atoms. The van der Waals surface area contributed by atoms with Crippen LogP contribution in [0.25, 0.3) is 0 Å². The van der Waals surface area contributed by atoms with Crippen molar-refractivity contribution in [3.05, 3.63) is 95.6 Å². The van der Waals surface area contributed by atoms with Gasteiger partial charge in [0.2, 0.25) is 0 Å². The van der Waals surface area contributed by atoms with Crippen molar-refractivity contribution in [1.82, 2.24) is 10.2 Å². The maximum atomic E-state index is 12.3. The summed E-state index contributed by atoms with van der Waals surface area (Å²) in [4.78, 5) is 14.9. The van der Waals surface area contributed by atoms with Crippen molar-refractivity contribution in [2.75, 3.05) is 26.7 Å². The molecule has 5 heteroatoms. The molecule has 1 saturated heterocycles. The van der Waals surface area contributed by atoms with Crippen molar-refractivity contribution >= 4 is 5.91 Å². The molecule has 1 atom stereocenters. The van der Waals surface area contributed by atoms with Crippen LogP contribution >= 0.6 is 0 Å². The smallest absolute Gasteiger partial charge is 0.251 e. The molecule has 178 valence electrons. The summed E-state index contributed by atoms with van der Waals surface area (Å²) in [6.45, 7) is 5.61. The Morgan fingerprint density at radius 3 is 2.24 bits per heavy atom. The Labute approximate surface area is 202 Å². The second-order valence-electron chi connectivity index (χ2n) is 8.97. The topological polar surface area (TPSA) is 50.8 Å². The number of hydrogen-bond donors (Lipinski definition) is 1. The fourth-order valence-corrected chi connectivity index (χ4v) is 4.44. The number of likely N-dealkylation sites (tertiary alicyclic amines) is 1. The third-order valence-corrected chi connectivity index (χ3v) is 6.43. The molecule has 5 nitrogen and oxygen atoms in total. The summed E-state index contributed by atoms with van der Waals surface area (Å²) in [5.74, 6) is 2.11. The van der Waals surface area contributed by atoms with Gasteiger partial charge in [0.1, 0.15) is 17.6 Å². The van der Waals surface area contributed by atoms with E-state index in [1.807, 2.05) is 19.1 Å². The van der Waals surface area contributed by atoms with Gasteiger partial charge in [0.25, 0.3) is 5.91 Å². The van der Waals surface area contributed by atoms with Gasteiger partial charge in [-0.1, -0.05) is 42.5 Å². The predicted molar refractivity (Wildman–Crippen MR) is 136 cm³/mol. The van der Waals surface area contributed by atoms with Crippen LogP contribution in [0.15, 0.2) is 78.9 Å². The standard InChI is InChI=1S/C29H34N2O3/c1-22(20-30-29(32)26-10-14-27(33-2)15-11-26)34-28-12-8-23(9-13-28)21-31-18-16-25(17-19-31)24-6-4-3-5-7-24/h3-15,22,25H,16-21H2,1-2H3,(H,30,32)/t22-/m1/s1. The lowest BCUT2D eigenvalue weighted by Gasteiger charge is -2.32. The van der Waals surface area contributed by atoms with Gasteiger partial charge in [0.05, 0.1) is 13.7 Å². The van der Waals surface area contributed by atoms with Crippen LogP contribution in [0.4, 0.5) is 0 Å². The molecule has 4 rings (SSSR count). The van der Waals surface area contributed by atoms with Gasteiger partial charge in [-0.3, -0.25) is 9.69 Å². The normalized spacial score (nSPS) is 15.5. The van der Waals surface area contributed by atoms with Crippen LogP contribution in [0.2, 0.25) is 0 Å². The van der Waals surface area contributed by atoms with Gasteiger partial charge in [-0.05, 0) is 86.3 Å². The molecule has 34 heavy (non-hydrogen) atoms. The average Bonchev–Trinajstić information content (AvgIpc) is 2.89. The Hall–Kier alpha value is -3.31. The number of rotatable bonds is 9. The fraction of sp³-hybridized carbons (Fsp3) is 0.345. The zero-order valence-electron chi connectivity index (χ0n) is 20.1. The maximum absolute atomic E-state index is 12.3. The van der Waals surface area contributed by atoms with Crippen LogP contribution in [0.5, 0.6) is 11.5 Å². The van der Waals surface area contributed by atoms with Crippen molar-refractivity contribution < 1.29 is 14.3 Å². The number of benzene rings is 3. The second kappa shape index (κ2) is 11.7. The zero-order valence-corrected chi connectivity index (χ0v) is 20.1. The largest absolute Gasteiger partial charge is 0.497 e. The van der Waals surface area contributed by atoms with Crippen molar-refractivity contribution in [1.29, 1.82) is 0 Å². The Kier molecular flexibility index (Phi) is 8.21. The Morgan fingerprint density at radius 1 is 0.941 bits per heavy atom. The molecule has 3 aromatic carbocycles. The highest BCUT2D eigenvalue weighted by atomic mass is 16.5. The SMILES string of the molecule is COc1ccc(C(=O)NC[C@@H](C)Oc2ccc(CN3CCC(c4ccccc4)CC3)cc2)cc1. The number of nitrogens with zero attached hydrogens (tertiary/aromatic N) is 1. The van der Waals surface area contributed by atoms with Crippen molar-refractivity contribution in [3.8, 4) is 11.5 Å². The molecule has 0 aromatic heterocycles. The molecule has 1 aliphatic heterocycles. The van der Waals surface area contributed by atoms with Crippen LogP contribution in [-0.4, -0.2) is 43.7 Å². The number of carbonyl (C=O) groups excluding carboxylic acids is 1. The molecule has 0 saturated carbocycles. The number of ether oxygens (including phenoxy) is 2. The van der Waals surface area contributed by atoms with Gasteiger partial charge >= 0.3 is 0 Å². The van der Waals surface area contributed by atoms with Gasteiger partial charge < -0.3 is 14.8 Å². The van der Waals surface area contributed by atoms with Crippen LogP contribution in [-0.2, 0) is 6.54 Å². The van der Waals surface area contributed by atoms with E-state index in [2.05, 4.69) is 52.7 Å². The Bertz CT molecular complexity index is 1030. The highest BCUT2D eigenvalue weighted by Gasteiger charge is 2.20. The van der Waals surface area contributed by atoms with Crippen LogP contribution in [0.3, 0.4) is 0 Å². The molecule has 1 aliphatic rings. The molecular formula is C29H34N2O3. The van der Waals surface area contributed by atoms with Crippen molar-refractivity contribution in [2.45, 2.75) is 38.3 Å². The average molecular weight is 459 g/mol. The highest BCUT2D eigenvalue weighted by molar-refractivity contribution is 5.94. The van der Waals surface area contributed by atoms with E-state index in [1.165, 1.54) is 24.0 Å². The molecule has 3 aromatic rings. The summed E-state index contributed by atoms with van der Waals surface area (Å²) in [7, 11) is 1.61. The maximum Gasteiger partial charge on any atom is 0.251 e. The minimum atomic E-state index is -0.134. The number of methoxy groups -OCH3 is 1. The molecule has 1 amide bonds. The van der Waals surface area contributed by atoms with E-state index < -0.39 is 0 Å². The molecular weight excluding hydrogens is 424 g/mol. The zero-order chi connectivity index (χ0) is 23.8. The summed E-state index contributed by atoms with van der Waals surface area (Å²) in [6.07, 6.45) is 2.29. The molecule has 0 bridgehead atoms. The van der Waals surface area contributed by atoms with Crippen LogP contribution < -0.4 is 14.8 Å². The summed E-state index contributed by atoms with van der Waals surface area (Å²) < 4.78 is 11.1. The Balaban J connectivity index is 1.19. The van der Waals surface area contributed by atoms with E-state index in [1.54, 1.807) is 31.4 Å². The minimum absolute atomic E-state index is 0.121. The molecule has 1 N–H and O–H groups in total. The lowest BCUT2D eigenvalue weighted by molar-refractivity contribution is 0.0932. The van der Waals surface area contributed by atoms with Gasteiger partial charge in [0, 0.05) is 12.1 Å². The molecule has 0 unspecified atom stereocenters. The summed E-state index contributed by atoms with van der Waals surface area (Å²) >= 11 is 0. The quantitative estimate of drug-likeness (QED) is 0.474. The molecule has 0 radical (unpaired) electrons. The first-order valence-electron chi connectivity index (χ1n) is 12.1. The van der Waals surface area contributed by atoms with Gasteiger partial charge in [-0.25, -0.2) is 0 Å². The van der Waals surface area contributed by atoms with E-state index in [0.717, 1.165) is 31.1 Å². The summed E-state index contributed by atoms with van der Waals surface area (Å²) in [6, 6.07) is 26.3. The first kappa shape index (κ1) is 23.8. The lowest BCUT2D eigenvalue weighted by Crippen LogP contribution is -2.33. The molecule has 1 heterocycles. The van der Waals surface area contributed by atoms with E-state index in [-0.39, 0.29) is 12.0 Å². The first-order chi connectivity index (χ1) is 16.6. The van der Waals surface area contributed by atoms with Gasteiger partial charge in [-0.15, -0.1) is 0 Å². The Morgan fingerprint density at radius 2 is 1.59 bits per heavy atom. The fourth-order valence-electron chi connectivity index (χ4n) is 4.44. The van der Waals surface area contributed by atoms with E-state index in [0.29, 0.717) is 18.0 Å². The second-order valence-corrected chi connectivity index (χ2v) is 8.97. The van der Waals surface area contributed by atoms with Gasteiger partial charge in [-0.2, -0.15) is 0 Å².